The second kappa shape index (κ2) is 8.91. The van der Waals surface area contributed by atoms with E-state index in [1.807, 2.05) is 46.6 Å². The number of carbonyl (C=O) groups excluding carboxylic acids is 1. The summed E-state index contributed by atoms with van der Waals surface area (Å²) in [6.07, 6.45) is 5.61. The molecule has 0 saturated carbocycles. The summed E-state index contributed by atoms with van der Waals surface area (Å²) in [4.78, 5) is 15.8. The molecule has 0 radical (unpaired) electrons. The monoisotopic (exact) mass is 369 g/mol. The van der Waals surface area contributed by atoms with E-state index in [-0.39, 0.29) is 12.4 Å². The largest absolute Gasteiger partial charge is 0.466 e. The van der Waals surface area contributed by atoms with E-state index in [1.165, 1.54) is 11.3 Å². The first-order chi connectivity index (χ1) is 12.7. The first kappa shape index (κ1) is 17.8. The van der Waals surface area contributed by atoms with Crippen molar-refractivity contribution in [1.29, 1.82) is 0 Å². The van der Waals surface area contributed by atoms with Crippen molar-refractivity contribution in [2.24, 2.45) is 5.10 Å². The van der Waals surface area contributed by atoms with Crippen molar-refractivity contribution < 1.29 is 9.53 Å². The van der Waals surface area contributed by atoms with Crippen LogP contribution >= 0.6 is 11.3 Å². The van der Waals surface area contributed by atoms with Crippen molar-refractivity contribution in [3.63, 3.8) is 0 Å². The zero-order valence-corrected chi connectivity index (χ0v) is 15.1. The fraction of sp³-hybridized carbons (Fsp3) is 0.222. The summed E-state index contributed by atoms with van der Waals surface area (Å²) in [5.41, 5.74) is 5.69. The normalized spacial score (nSPS) is 11.0. The van der Waals surface area contributed by atoms with Crippen LogP contribution in [0.5, 0.6) is 0 Å². The molecular formula is C18H19N5O2S. The van der Waals surface area contributed by atoms with Crippen LogP contribution in [0.15, 0.2) is 53.2 Å². The fourth-order valence-electron chi connectivity index (χ4n) is 2.33. The van der Waals surface area contributed by atoms with Gasteiger partial charge in [-0.1, -0.05) is 24.3 Å². The Labute approximate surface area is 155 Å². The zero-order valence-electron chi connectivity index (χ0n) is 14.3. The van der Waals surface area contributed by atoms with E-state index in [1.54, 1.807) is 19.3 Å². The quantitative estimate of drug-likeness (QED) is 0.375. The lowest BCUT2D eigenvalue weighted by molar-refractivity contribution is -0.142. The van der Waals surface area contributed by atoms with Crippen molar-refractivity contribution in [3.05, 3.63) is 64.9 Å². The van der Waals surface area contributed by atoms with Gasteiger partial charge < -0.3 is 4.74 Å². The molecule has 3 aromatic rings. The van der Waals surface area contributed by atoms with Gasteiger partial charge in [-0.05, 0) is 24.1 Å². The average molecular weight is 369 g/mol. The Morgan fingerprint density at radius 1 is 1.38 bits per heavy atom. The second-order valence-electron chi connectivity index (χ2n) is 5.40. The van der Waals surface area contributed by atoms with E-state index in [0.717, 1.165) is 11.1 Å². The Bertz CT molecular complexity index is 873. The Hall–Kier alpha value is -3.00. The number of esters is 1. The van der Waals surface area contributed by atoms with Crippen LogP contribution in [-0.4, -0.2) is 33.6 Å². The Morgan fingerprint density at radius 3 is 3.08 bits per heavy atom. The van der Waals surface area contributed by atoms with Crippen LogP contribution in [0.4, 0.5) is 5.13 Å². The average Bonchev–Trinajstić information content (AvgIpc) is 3.29. The van der Waals surface area contributed by atoms with Gasteiger partial charge in [0, 0.05) is 17.8 Å². The molecule has 0 amide bonds. The number of anilines is 1. The van der Waals surface area contributed by atoms with Crippen LogP contribution in [0.1, 0.15) is 23.7 Å². The van der Waals surface area contributed by atoms with Gasteiger partial charge in [-0.2, -0.15) is 10.2 Å². The van der Waals surface area contributed by atoms with Crippen molar-refractivity contribution in [2.75, 3.05) is 12.0 Å². The number of hydrogen-bond acceptors (Lipinski definition) is 7. The number of thiazole rings is 1. The van der Waals surface area contributed by atoms with Crippen LogP contribution in [0, 0.1) is 0 Å². The molecular weight excluding hydrogens is 350 g/mol. The lowest BCUT2D eigenvalue weighted by Crippen LogP contribution is -2.07. The summed E-state index contributed by atoms with van der Waals surface area (Å²) in [7, 11) is 0. The lowest BCUT2D eigenvalue weighted by Gasteiger charge is -2.05. The van der Waals surface area contributed by atoms with Crippen LogP contribution in [0.2, 0.25) is 0 Å². The zero-order chi connectivity index (χ0) is 18.2. The molecule has 0 aliphatic heterocycles. The minimum Gasteiger partial charge on any atom is -0.466 e. The van der Waals surface area contributed by atoms with E-state index in [4.69, 9.17) is 4.74 Å². The number of hydrazone groups is 1. The molecule has 134 valence electrons. The maximum absolute atomic E-state index is 11.5. The van der Waals surface area contributed by atoms with Gasteiger partial charge >= 0.3 is 5.97 Å². The number of hydrogen-bond donors (Lipinski definition) is 1. The Kier molecular flexibility index (Phi) is 6.10. The molecule has 1 aromatic carbocycles. The summed E-state index contributed by atoms with van der Waals surface area (Å²) < 4.78 is 6.78. The number of rotatable bonds is 8. The van der Waals surface area contributed by atoms with Gasteiger partial charge in [0.15, 0.2) is 0 Å². The molecule has 0 saturated heterocycles. The standard InChI is InChI=1S/C18H19N5O2S/c1-2-25-17(24)10-16-13-26-18(21-16)22-19-11-14-6-3-4-7-15(14)12-23-9-5-8-20-23/h3-9,11,13H,2,10,12H2,1H3,(H,21,22). The predicted molar refractivity (Wildman–Crippen MR) is 101 cm³/mol. The maximum Gasteiger partial charge on any atom is 0.311 e. The minimum atomic E-state index is -0.277. The molecule has 0 unspecified atom stereocenters. The van der Waals surface area contributed by atoms with Gasteiger partial charge in [-0.25, -0.2) is 4.98 Å². The highest BCUT2D eigenvalue weighted by Crippen LogP contribution is 2.16. The van der Waals surface area contributed by atoms with Crippen molar-refractivity contribution >= 4 is 28.7 Å². The number of ether oxygens (including phenoxy) is 1. The third-order valence-electron chi connectivity index (χ3n) is 3.49. The molecule has 0 fully saturated rings. The Balaban J connectivity index is 1.61. The predicted octanol–water partition coefficient (Wildman–Crippen LogP) is 2.94. The molecule has 8 heteroatoms. The van der Waals surface area contributed by atoms with Gasteiger partial charge in [-0.3, -0.25) is 14.9 Å². The molecule has 3 rings (SSSR count). The van der Waals surface area contributed by atoms with Gasteiger partial charge in [0.1, 0.15) is 0 Å². The lowest BCUT2D eigenvalue weighted by atomic mass is 10.1. The highest BCUT2D eigenvalue weighted by molar-refractivity contribution is 7.13. The molecule has 2 aromatic heterocycles. The SMILES string of the molecule is CCOC(=O)Cc1csc(NN=Cc2ccccc2Cn2cccn2)n1. The molecule has 7 nitrogen and oxygen atoms in total. The summed E-state index contributed by atoms with van der Waals surface area (Å²) >= 11 is 1.39. The smallest absolute Gasteiger partial charge is 0.311 e. The molecule has 0 aliphatic rings. The second-order valence-corrected chi connectivity index (χ2v) is 6.26. The molecule has 1 N–H and O–H groups in total. The first-order valence-corrected chi connectivity index (χ1v) is 9.07. The summed E-state index contributed by atoms with van der Waals surface area (Å²) in [5, 5.41) is 10.9. The summed E-state index contributed by atoms with van der Waals surface area (Å²) in [6.45, 7) is 2.83. The van der Waals surface area contributed by atoms with Gasteiger partial charge in [0.2, 0.25) is 5.13 Å². The van der Waals surface area contributed by atoms with Crippen LogP contribution in [0.25, 0.3) is 0 Å². The first-order valence-electron chi connectivity index (χ1n) is 8.19. The minimum absolute atomic E-state index is 0.169. The molecule has 0 spiro atoms. The number of carbonyl (C=O) groups is 1. The molecule has 0 bridgehead atoms. The summed E-state index contributed by atoms with van der Waals surface area (Å²) in [6, 6.07) is 9.90. The van der Waals surface area contributed by atoms with Crippen molar-refractivity contribution in [3.8, 4) is 0 Å². The molecule has 0 atom stereocenters. The number of nitrogens with zero attached hydrogens (tertiary/aromatic N) is 4. The van der Waals surface area contributed by atoms with E-state index in [2.05, 4.69) is 20.6 Å². The van der Waals surface area contributed by atoms with Gasteiger partial charge in [0.25, 0.3) is 0 Å². The third kappa shape index (κ3) is 5.00. The van der Waals surface area contributed by atoms with E-state index in [9.17, 15) is 4.79 Å². The van der Waals surface area contributed by atoms with Crippen molar-refractivity contribution in [2.45, 2.75) is 19.9 Å². The molecule has 0 aliphatic carbocycles. The molecule has 26 heavy (non-hydrogen) atoms. The van der Waals surface area contributed by atoms with Crippen LogP contribution in [-0.2, 0) is 22.5 Å². The maximum atomic E-state index is 11.5. The number of nitrogens with one attached hydrogen (secondary N) is 1. The highest BCUT2D eigenvalue weighted by Gasteiger charge is 2.08. The van der Waals surface area contributed by atoms with E-state index >= 15 is 0 Å². The van der Waals surface area contributed by atoms with Crippen LogP contribution in [0.3, 0.4) is 0 Å². The van der Waals surface area contributed by atoms with Gasteiger partial charge in [-0.15, -0.1) is 11.3 Å². The third-order valence-corrected chi connectivity index (χ3v) is 4.29. The van der Waals surface area contributed by atoms with Crippen LogP contribution < -0.4 is 5.43 Å². The Morgan fingerprint density at radius 2 is 2.27 bits per heavy atom. The fourth-order valence-corrected chi connectivity index (χ4v) is 2.99. The van der Waals surface area contributed by atoms with Crippen molar-refractivity contribution in [1.82, 2.24) is 14.8 Å². The van der Waals surface area contributed by atoms with Gasteiger partial charge in [0.05, 0.1) is 31.5 Å². The highest BCUT2D eigenvalue weighted by atomic mass is 32.1. The number of benzene rings is 1. The van der Waals surface area contributed by atoms with E-state index < -0.39 is 0 Å². The molecule has 2 heterocycles. The van der Waals surface area contributed by atoms with E-state index in [0.29, 0.717) is 24.0 Å². The summed E-state index contributed by atoms with van der Waals surface area (Å²) in [5.74, 6) is -0.277. The topological polar surface area (TPSA) is 81.4 Å². The number of aromatic nitrogens is 3.